The highest BCUT2D eigenvalue weighted by atomic mass is 19.1. The number of ether oxygens (including phenoxy) is 3. The number of nitrogens with one attached hydrogen (secondary N) is 1. The molecule has 0 radical (unpaired) electrons. The van der Waals surface area contributed by atoms with Gasteiger partial charge in [-0.15, -0.1) is 6.42 Å². The molecule has 0 saturated carbocycles. The van der Waals surface area contributed by atoms with Crippen LogP contribution in [0, 0.1) is 29.9 Å². The maximum absolute atomic E-state index is 17.1. The van der Waals surface area contributed by atoms with Gasteiger partial charge in [0.15, 0.2) is 5.82 Å². The molecule has 4 saturated heterocycles. The van der Waals surface area contributed by atoms with E-state index in [9.17, 15) is 23.5 Å². The predicted octanol–water partition coefficient (Wildman–Crippen LogP) is 5.69. The number of aromatic nitrogens is 3. The van der Waals surface area contributed by atoms with E-state index in [0.717, 1.165) is 19.4 Å². The largest absolute Gasteiger partial charge is 0.508 e. The number of piperazine rings is 1. The van der Waals surface area contributed by atoms with Crippen LogP contribution in [0.4, 0.5) is 23.8 Å². The fourth-order valence-corrected chi connectivity index (χ4v) is 9.48. The Balaban J connectivity index is 1.14. The van der Waals surface area contributed by atoms with Crippen LogP contribution in [0.2, 0.25) is 0 Å². The van der Waals surface area contributed by atoms with Crippen LogP contribution in [-0.2, 0) is 14.3 Å². The number of benzene rings is 2. The third-order valence-corrected chi connectivity index (χ3v) is 12.1. The number of hydrogen-bond acceptors (Lipinski definition) is 12. The molecule has 0 spiro atoms. The number of phenolic OH excluding ortho intramolecular Hbond substituents is 1. The second-order valence-electron chi connectivity index (χ2n) is 16.1. The van der Waals surface area contributed by atoms with Crippen LogP contribution < -0.4 is 15.0 Å². The molecule has 3 unspecified atom stereocenters. The Morgan fingerprint density at radius 1 is 1.10 bits per heavy atom. The number of alkyl halides is 1. The molecular weight excluding hydrogens is 755 g/mol. The molecule has 13 nitrogen and oxygen atoms in total. The van der Waals surface area contributed by atoms with Gasteiger partial charge in [0.2, 0.25) is 6.29 Å². The highest BCUT2D eigenvalue weighted by Crippen LogP contribution is 2.43. The summed E-state index contributed by atoms with van der Waals surface area (Å²) < 4.78 is 64.1. The molecule has 6 heterocycles. The Hall–Kier alpha value is -5.40. The molecule has 4 aliphatic rings. The van der Waals surface area contributed by atoms with Crippen LogP contribution >= 0.6 is 0 Å². The van der Waals surface area contributed by atoms with Gasteiger partial charge in [0.25, 0.3) is 0 Å². The number of terminal acetylenes is 1. The minimum atomic E-state index is -1.12. The number of rotatable bonds is 10. The van der Waals surface area contributed by atoms with Gasteiger partial charge in [0, 0.05) is 50.1 Å². The quantitative estimate of drug-likeness (QED) is 0.116. The maximum Gasteiger partial charge on any atom is 0.413 e. The molecule has 2 aromatic heterocycles. The van der Waals surface area contributed by atoms with Gasteiger partial charge in [-0.2, -0.15) is 9.97 Å². The topological polar surface area (TPSA) is 142 Å². The highest BCUT2D eigenvalue weighted by Gasteiger charge is 2.50. The number of phenols is 1. The zero-order valence-electron chi connectivity index (χ0n) is 32.8. The van der Waals surface area contributed by atoms with Crippen LogP contribution in [0.3, 0.4) is 0 Å². The van der Waals surface area contributed by atoms with E-state index in [4.69, 9.17) is 25.6 Å². The van der Waals surface area contributed by atoms with E-state index in [1.807, 2.05) is 18.7 Å². The zero-order valence-corrected chi connectivity index (χ0v) is 32.8. The number of nitrogens with zero attached hydrogens (tertiary/aromatic N) is 6. The first-order valence-corrected chi connectivity index (χ1v) is 19.7. The van der Waals surface area contributed by atoms with Crippen molar-refractivity contribution >= 4 is 39.6 Å². The molecule has 8 rings (SSSR count). The molecule has 0 aliphatic carbocycles. The van der Waals surface area contributed by atoms with E-state index in [2.05, 4.69) is 26.1 Å². The number of aromatic hydroxyl groups is 1. The summed E-state index contributed by atoms with van der Waals surface area (Å²) in [6.45, 7) is 7.02. The number of anilines is 1. The summed E-state index contributed by atoms with van der Waals surface area (Å²) in [5, 5.41) is 14.4. The molecule has 4 aliphatic heterocycles. The molecular formula is C42H46F3N7O6. The number of fused-ring (bicyclic) bond motifs is 5. The van der Waals surface area contributed by atoms with Crippen molar-refractivity contribution in [1.82, 2.24) is 30.1 Å². The van der Waals surface area contributed by atoms with E-state index in [0.29, 0.717) is 50.1 Å². The number of halogens is 3. The number of hydrogen-bond donors (Lipinski definition) is 2. The van der Waals surface area contributed by atoms with Crippen molar-refractivity contribution in [3.8, 4) is 35.4 Å². The Morgan fingerprint density at radius 2 is 1.86 bits per heavy atom. The molecule has 58 heavy (non-hydrogen) atoms. The molecule has 2 aromatic carbocycles. The van der Waals surface area contributed by atoms with Gasteiger partial charge in [0.05, 0.1) is 28.6 Å². The summed E-state index contributed by atoms with van der Waals surface area (Å²) in [7, 11) is 1.66. The third kappa shape index (κ3) is 6.97. The van der Waals surface area contributed by atoms with Gasteiger partial charge >= 0.3 is 18.1 Å². The van der Waals surface area contributed by atoms with Gasteiger partial charge in [-0.05, 0) is 68.8 Å². The Bertz CT molecular complexity index is 2310. The molecule has 306 valence electrons. The van der Waals surface area contributed by atoms with Crippen LogP contribution in [-0.4, -0.2) is 118 Å². The summed E-state index contributed by atoms with van der Waals surface area (Å²) in [5.41, 5.74) is -0.932. The van der Waals surface area contributed by atoms with Gasteiger partial charge in [0.1, 0.15) is 47.4 Å². The number of amides is 1. The normalized spacial score (nSPS) is 23.9. The van der Waals surface area contributed by atoms with Crippen molar-refractivity contribution in [2.75, 3.05) is 44.7 Å². The molecule has 1 amide bonds. The van der Waals surface area contributed by atoms with Crippen molar-refractivity contribution in [1.29, 1.82) is 0 Å². The first-order chi connectivity index (χ1) is 27.8. The lowest BCUT2D eigenvalue weighted by Gasteiger charge is -2.41. The van der Waals surface area contributed by atoms with E-state index in [-0.39, 0.29) is 69.5 Å². The Kier molecular flexibility index (Phi) is 10.5. The van der Waals surface area contributed by atoms with Gasteiger partial charge < -0.3 is 29.5 Å². The molecule has 16 heteroatoms. The molecule has 4 aromatic rings. The number of carbonyl (C=O) groups is 2. The van der Waals surface area contributed by atoms with Gasteiger partial charge in [-0.3, -0.25) is 19.6 Å². The van der Waals surface area contributed by atoms with Crippen molar-refractivity contribution in [3.05, 3.63) is 47.7 Å². The Morgan fingerprint density at radius 3 is 2.57 bits per heavy atom. The standard InChI is InChI=1S/C42H46F3N7O6/c1-6-29-32(44)11-8-24-14-28(53)15-30(33(24)29)36-34(45)37-31(17-47-36)38(49-40(48-37)56-21-42-12-7-13-51(42)18-25(43)16-42)50-19-26-9-10-27(20-50)52(26)41(55)58-23(4)57-39(54)35(46-5)22(2)3/h1,8,11,14-15,17,22-23,25-27,35,46,53H,7,9-10,12-13,16,18-21H2,2-5H3/t23?,25-,26?,27?,35+,42+/m1/s1. The molecule has 4 fully saturated rings. The molecule has 2 N–H and O–H groups in total. The van der Waals surface area contributed by atoms with Crippen LogP contribution in [0.25, 0.3) is 32.9 Å². The third-order valence-electron chi connectivity index (χ3n) is 12.1. The summed E-state index contributed by atoms with van der Waals surface area (Å²) in [6.07, 6.45) is 7.67. The van der Waals surface area contributed by atoms with Crippen molar-refractivity contribution in [3.63, 3.8) is 0 Å². The summed E-state index contributed by atoms with van der Waals surface area (Å²) in [5.74, 6) is 0.349. The van der Waals surface area contributed by atoms with Crippen molar-refractivity contribution in [2.24, 2.45) is 5.92 Å². The van der Waals surface area contributed by atoms with Crippen molar-refractivity contribution in [2.45, 2.75) is 89.0 Å². The summed E-state index contributed by atoms with van der Waals surface area (Å²) in [4.78, 5) is 45.8. The zero-order chi connectivity index (χ0) is 41.0. The number of esters is 1. The summed E-state index contributed by atoms with van der Waals surface area (Å²) >= 11 is 0. The fraction of sp³-hybridized carbons (Fsp3) is 0.500. The fourth-order valence-electron chi connectivity index (χ4n) is 9.48. The number of likely N-dealkylation sites (N-methyl/N-ethyl adjacent to an activating group) is 1. The lowest BCUT2D eigenvalue weighted by Crippen LogP contribution is -2.56. The molecule has 2 bridgehead atoms. The van der Waals surface area contributed by atoms with E-state index >= 15 is 4.39 Å². The number of pyridine rings is 1. The highest BCUT2D eigenvalue weighted by molar-refractivity contribution is 6.03. The monoisotopic (exact) mass is 801 g/mol. The van der Waals surface area contributed by atoms with Crippen LogP contribution in [0.1, 0.15) is 58.4 Å². The van der Waals surface area contributed by atoms with Gasteiger partial charge in [-0.1, -0.05) is 25.8 Å². The van der Waals surface area contributed by atoms with E-state index < -0.39 is 47.7 Å². The van der Waals surface area contributed by atoms with Crippen LogP contribution in [0.15, 0.2) is 30.5 Å². The van der Waals surface area contributed by atoms with Gasteiger partial charge in [-0.25, -0.2) is 18.0 Å². The first-order valence-electron chi connectivity index (χ1n) is 19.7. The van der Waals surface area contributed by atoms with Crippen molar-refractivity contribution < 1.29 is 42.1 Å². The molecule has 6 atom stereocenters. The predicted molar refractivity (Wildman–Crippen MR) is 209 cm³/mol. The first kappa shape index (κ1) is 39.4. The average Bonchev–Trinajstić information content (AvgIpc) is 3.80. The average molecular weight is 802 g/mol. The second kappa shape index (κ2) is 15.4. The minimum Gasteiger partial charge on any atom is -0.508 e. The summed E-state index contributed by atoms with van der Waals surface area (Å²) in [6, 6.07) is 4.00. The maximum atomic E-state index is 17.1. The van der Waals surface area contributed by atoms with E-state index in [1.54, 1.807) is 11.9 Å². The Labute approximate surface area is 333 Å². The lowest BCUT2D eigenvalue weighted by molar-refractivity contribution is -0.170. The lowest BCUT2D eigenvalue weighted by atomic mass is 9.95. The SMILES string of the molecule is C#Cc1c(F)ccc2cc(O)cc(-c3ncc4c(N5CC6CCC(C5)N6C(=O)OC(C)OC(=O)[C@@H](NC)C(C)C)nc(OC[C@@]56CCCN5C[C@H](F)C6)nc4c3F)c12. The number of carbonyl (C=O) groups excluding carboxylic acids is 2. The minimum absolute atomic E-state index is 0.0387. The smallest absolute Gasteiger partial charge is 0.413 e. The van der Waals surface area contributed by atoms with Crippen LogP contribution in [0.5, 0.6) is 11.8 Å². The van der Waals surface area contributed by atoms with E-state index in [1.165, 1.54) is 37.4 Å². The second-order valence-corrected chi connectivity index (χ2v) is 16.1.